The number of amides is 2. The predicted octanol–water partition coefficient (Wildman–Crippen LogP) is 0.358. The van der Waals surface area contributed by atoms with Gasteiger partial charge in [-0.3, -0.25) is 14.4 Å². The zero-order valence-corrected chi connectivity index (χ0v) is 16.8. The van der Waals surface area contributed by atoms with Crippen LogP contribution in [-0.2, 0) is 31.0 Å². The summed E-state index contributed by atoms with van der Waals surface area (Å²) in [5.41, 5.74) is -0.140. The number of nitrogens with one attached hydrogen (secondary N) is 1. The number of phenols is 1. The summed E-state index contributed by atoms with van der Waals surface area (Å²) >= 11 is 0. The number of carboxylic acids is 1. The minimum Gasteiger partial charge on any atom is -0.506 e. The third kappa shape index (κ3) is 4.81. The smallest absolute Gasteiger partial charge is 0.326 e. The van der Waals surface area contributed by atoms with Gasteiger partial charge in [0, 0.05) is 13.1 Å². The number of hydrogen-bond donors (Lipinski definition) is 3. The lowest BCUT2D eigenvalue weighted by Crippen LogP contribution is -2.40. The molecule has 2 amide bonds. The summed E-state index contributed by atoms with van der Waals surface area (Å²) in [7, 11) is -4.25. The van der Waals surface area contributed by atoms with Gasteiger partial charge in [-0.05, 0) is 49.3 Å². The van der Waals surface area contributed by atoms with Gasteiger partial charge < -0.3 is 15.1 Å². The molecule has 1 atom stereocenters. The molecule has 3 rings (SSSR count). The van der Waals surface area contributed by atoms with Crippen LogP contribution in [0.2, 0.25) is 0 Å². The Bertz CT molecular complexity index is 959. The van der Waals surface area contributed by atoms with Crippen LogP contribution in [0.1, 0.15) is 31.2 Å². The number of carbonyl (C=O) groups excluding carboxylic acids is 2. The molecule has 0 bridgehead atoms. The van der Waals surface area contributed by atoms with E-state index < -0.39 is 58.2 Å². The van der Waals surface area contributed by atoms with Crippen LogP contribution in [0.15, 0.2) is 12.1 Å². The SMILES string of the molecule is O=C(O)CC(=O)N1CCC[C@H](CCc2cc(O)c(N3CC(=O)NS3(=O)=O)c(F)c2)C1. The third-order valence-corrected chi connectivity index (χ3v) is 6.57. The molecule has 2 aliphatic rings. The second-order valence-electron chi connectivity index (χ2n) is 7.44. The average Bonchev–Trinajstić information content (AvgIpc) is 2.91. The van der Waals surface area contributed by atoms with E-state index in [0.29, 0.717) is 35.8 Å². The van der Waals surface area contributed by atoms with Crippen LogP contribution in [0.4, 0.5) is 10.1 Å². The zero-order chi connectivity index (χ0) is 22.1. The first kappa shape index (κ1) is 21.8. The minimum absolute atomic E-state index is 0.0992. The molecule has 0 aliphatic carbocycles. The van der Waals surface area contributed by atoms with Gasteiger partial charge in [-0.25, -0.2) is 13.4 Å². The lowest BCUT2D eigenvalue weighted by Gasteiger charge is -2.32. The van der Waals surface area contributed by atoms with Crippen LogP contribution in [0.25, 0.3) is 0 Å². The molecule has 164 valence electrons. The number of benzene rings is 1. The maximum absolute atomic E-state index is 14.6. The maximum atomic E-state index is 14.6. The lowest BCUT2D eigenvalue weighted by atomic mass is 9.91. The highest BCUT2D eigenvalue weighted by Gasteiger charge is 2.37. The summed E-state index contributed by atoms with van der Waals surface area (Å²) < 4.78 is 40.6. The van der Waals surface area contributed by atoms with Gasteiger partial charge in [-0.15, -0.1) is 0 Å². The Balaban J connectivity index is 1.66. The van der Waals surface area contributed by atoms with Crippen LogP contribution in [0.5, 0.6) is 5.75 Å². The number of hydrogen-bond acceptors (Lipinski definition) is 6. The Morgan fingerprint density at radius 3 is 2.63 bits per heavy atom. The highest BCUT2D eigenvalue weighted by atomic mass is 32.2. The first-order chi connectivity index (χ1) is 14.1. The number of nitrogens with zero attached hydrogens (tertiary/aromatic N) is 2. The van der Waals surface area contributed by atoms with Gasteiger partial charge in [-0.1, -0.05) is 0 Å². The number of aliphatic carboxylic acids is 1. The van der Waals surface area contributed by atoms with Crippen LogP contribution in [0.3, 0.4) is 0 Å². The van der Waals surface area contributed by atoms with Crippen molar-refractivity contribution in [2.24, 2.45) is 5.92 Å². The Morgan fingerprint density at radius 2 is 2.03 bits per heavy atom. The van der Waals surface area contributed by atoms with Crippen LogP contribution in [0, 0.1) is 11.7 Å². The second kappa shape index (κ2) is 8.46. The molecule has 2 saturated heterocycles. The largest absolute Gasteiger partial charge is 0.506 e. The highest BCUT2D eigenvalue weighted by Crippen LogP contribution is 2.35. The normalized spacial score (nSPS) is 20.8. The topological polar surface area (TPSA) is 144 Å². The van der Waals surface area contributed by atoms with Gasteiger partial charge >= 0.3 is 16.2 Å². The van der Waals surface area contributed by atoms with Gasteiger partial charge in [-0.2, -0.15) is 8.42 Å². The summed E-state index contributed by atoms with van der Waals surface area (Å²) in [6, 6.07) is 2.37. The Hall–Kier alpha value is -2.89. The average molecular weight is 443 g/mol. The molecule has 2 fully saturated rings. The van der Waals surface area contributed by atoms with E-state index in [0.717, 1.165) is 18.9 Å². The molecular formula is C18H22FN3O7S. The van der Waals surface area contributed by atoms with E-state index >= 15 is 0 Å². The predicted molar refractivity (Wildman–Crippen MR) is 102 cm³/mol. The van der Waals surface area contributed by atoms with Crippen LogP contribution < -0.4 is 9.03 Å². The van der Waals surface area contributed by atoms with E-state index in [1.807, 2.05) is 0 Å². The number of rotatable bonds is 6. The van der Waals surface area contributed by atoms with Crippen molar-refractivity contribution in [2.75, 3.05) is 23.9 Å². The van der Waals surface area contributed by atoms with Gasteiger partial charge in [0.1, 0.15) is 24.4 Å². The fourth-order valence-electron chi connectivity index (χ4n) is 3.82. The Morgan fingerprint density at radius 1 is 1.30 bits per heavy atom. The standard InChI is InChI=1S/C18H22FN3O7S/c19-13-6-12(7-14(23)18(13)22-10-15(24)20-30(22,28)29)4-3-11-2-1-5-21(9-11)16(25)8-17(26)27/h6-7,11,23H,1-5,8-10H2,(H,20,24)(H,26,27)/t11-/m1/s1. The van der Waals surface area contributed by atoms with Crippen molar-refractivity contribution in [3.8, 4) is 5.75 Å². The van der Waals surface area contributed by atoms with Crippen molar-refractivity contribution in [3.63, 3.8) is 0 Å². The summed E-state index contributed by atoms with van der Waals surface area (Å²) in [6.07, 6.45) is 1.98. The van der Waals surface area contributed by atoms with E-state index in [2.05, 4.69) is 0 Å². The molecule has 1 aromatic carbocycles. The van der Waals surface area contributed by atoms with Crippen LogP contribution >= 0.6 is 0 Å². The molecular weight excluding hydrogens is 421 g/mol. The number of carbonyl (C=O) groups is 3. The number of anilines is 1. The van der Waals surface area contributed by atoms with Crippen molar-refractivity contribution < 1.29 is 37.4 Å². The van der Waals surface area contributed by atoms with Crippen molar-refractivity contribution in [2.45, 2.75) is 32.1 Å². The van der Waals surface area contributed by atoms with Gasteiger partial charge in [0.05, 0.1) is 0 Å². The summed E-state index contributed by atoms with van der Waals surface area (Å²) in [5, 5.41) is 19.0. The summed E-state index contributed by atoms with van der Waals surface area (Å²) in [4.78, 5) is 35.5. The van der Waals surface area contributed by atoms with Crippen molar-refractivity contribution in [1.82, 2.24) is 9.62 Å². The minimum atomic E-state index is -4.25. The molecule has 3 N–H and O–H groups in total. The molecule has 30 heavy (non-hydrogen) atoms. The molecule has 0 aromatic heterocycles. The fraction of sp³-hybridized carbons (Fsp3) is 0.500. The number of likely N-dealkylation sites (tertiary alicyclic amines) is 1. The van der Waals surface area contributed by atoms with Crippen molar-refractivity contribution in [1.29, 1.82) is 0 Å². The fourth-order valence-corrected chi connectivity index (χ4v) is 4.99. The molecule has 0 radical (unpaired) electrons. The molecule has 12 heteroatoms. The van der Waals surface area contributed by atoms with Gasteiger partial charge in [0.15, 0.2) is 5.82 Å². The molecule has 10 nitrogen and oxygen atoms in total. The second-order valence-corrected chi connectivity index (χ2v) is 9.03. The number of piperidine rings is 1. The summed E-state index contributed by atoms with van der Waals surface area (Å²) in [6.45, 7) is 0.302. The van der Waals surface area contributed by atoms with E-state index in [4.69, 9.17) is 5.11 Å². The van der Waals surface area contributed by atoms with Crippen molar-refractivity contribution >= 4 is 33.7 Å². The summed E-state index contributed by atoms with van der Waals surface area (Å²) in [5.74, 6) is -3.89. The highest BCUT2D eigenvalue weighted by molar-refractivity contribution is 7.92. The van der Waals surface area contributed by atoms with Crippen molar-refractivity contribution in [3.05, 3.63) is 23.5 Å². The molecule has 2 heterocycles. The first-order valence-electron chi connectivity index (χ1n) is 9.41. The van der Waals surface area contributed by atoms with Gasteiger partial charge in [0.25, 0.3) is 5.91 Å². The molecule has 2 aliphatic heterocycles. The number of carboxylic acid groups (broad SMARTS) is 1. The number of aryl methyl sites for hydroxylation is 1. The lowest BCUT2D eigenvalue weighted by molar-refractivity contribution is -0.145. The van der Waals surface area contributed by atoms with Crippen LogP contribution in [-0.4, -0.2) is 60.9 Å². The van der Waals surface area contributed by atoms with Gasteiger partial charge in [0.2, 0.25) is 5.91 Å². The third-order valence-electron chi connectivity index (χ3n) is 5.19. The number of halogens is 1. The molecule has 0 saturated carbocycles. The monoisotopic (exact) mass is 443 g/mol. The quantitative estimate of drug-likeness (QED) is 0.538. The Kier molecular flexibility index (Phi) is 6.15. The number of aromatic hydroxyl groups is 1. The molecule has 0 unspecified atom stereocenters. The van der Waals surface area contributed by atoms with E-state index in [9.17, 15) is 32.3 Å². The molecule has 1 aromatic rings. The first-order valence-corrected chi connectivity index (χ1v) is 10.8. The zero-order valence-electron chi connectivity index (χ0n) is 16.0. The number of phenolic OH excluding ortho intramolecular Hbond substituents is 1. The van der Waals surface area contributed by atoms with E-state index in [-0.39, 0.29) is 5.92 Å². The van der Waals surface area contributed by atoms with E-state index in [1.54, 1.807) is 4.72 Å². The van der Waals surface area contributed by atoms with E-state index in [1.165, 1.54) is 11.0 Å². The molecule has 0 spiro atoms. The Labute approximate surface area is 172 Å². The maximum Gasteiger partial charge on any atom is 0.326 e.